The number of aromatic nitrogens is 1. The number of thiazole rings is 1. The molecule has 0 aliphatic heterocycles. The van der Waals surface area contributed by atoms with Crippen LogP contribution in [0.3, 0.4) is 0 Å². The second-order valence-electron chi connectivity index (χ2n) is 6.80. The monoisotopic (exact) mass is 418 g/mol. The summed E-state index contributed by atoms with van der Waals surface area (Å²) in [7, 11) is 0. The van der Waals surface area contributed by atoms with E-state index < -0.39 is 0 Å². The molecule has 4 aromatic rings. The van der Waals surface area contributed by atoms with E-state index in [0.717, 1.165) is 27.4 Å². The van der Waals surface area contributed by atoms with Crippen LogP contribution >= 0.6 is 11.3 Å². The number of aryl methyl sites for hydroxylation is 1. The number of rotatable bonds is 6. The first kappa shape index (κ1) is 19.8. The Balaban J connectivity index is 1.44. The molecule has 150 valence electrons. The van der Waals surface area contributed by atoms with Crippen LogP contribution in [-0.2, 0) is 6.61 Å². The fourth-order valence-electron chi connectivity index (χ4n) is 2.85. The molecular weight excluding hydrogens is 399 g/mol. The quantitative estimate of drug-likeness (QED) is 0.412. The molecule has 0 saturated heterocycles. The minimum absolute atomic E-state index is 0.250. The third-order valence-electron chi connectivity index (χ3n) is 4.42. The van der Waals surface area contributed by atoms with Crippen LogP contribution < -0.4 is 10.1 Å². The predicted molar refractivity (Wildman–Crippen MR) is 117 cm³/mol. The van der Waals surface area contributed by atoms with Crippen molar-refractivity contribution in [3.63, 3.8) is 0 Å². The van der Waals surface area contributed by atoms with Crippen molar-refractivity contribution in [2.45, 2.75) is 13.5 Å². The maximum atomic E-state index is 13.3. The Kier molecular flexibility index (Phi) is 5.86. The number of hydrogen-bond donors (Lipinski definition) is 1. The zero-order valence-corrected chi connectivity index (χ0v) is 17.1. The second-order valence-corrected chi connectivity index (χ2v) is 7.66. The zero-order chi connectivity index (χ0) is 20.9. The van der Waals surface area contributed by atoms with Gasteiger partial charge in [0.2, 0.25) is 0 Å². The standard InChI is InChI=1S/C24H19FN2O2S/c1-16-8-10-20(11-9-16)26-23(28)22-15-30-24(27-22)18-5-3-7-21(13-18)29-14-17-4-2-6-19(25)12-17/h2-13,15H,14H2,1H3,(H,26,28). The van der Waals surface area contributed by atoms with Gasteiger partial charge in [-0.2, -0.15) is 0 Å². The van der Waals surface area contributed by atoms with E-state index in [9.17, 15) is 9.18 Å². The topological polar surface area (TPSA) is 51.2 Å². The van der Waals surface area contributed by atoms with Gasteiger partial charge in [0.15, 0.2) is 0 Å². The molecule has 4 nitrogen and oxygen atoms in total. The second kappa shape index (κ2) is 8.88. The highest BCUT2D eigenvalue weighted by Crippen LogP contribution is 2.27. The SMILES string of the molecule is Cc1ccc(NC(=O)c2csc(-c3cccc(OCc4cccc(F)c4)c3)n2)cc1. The fourth-order valence-corrected chi connectivity index (χ4v) is 3.65. The molecule has 1 N–H and O–H groups in total. The van der Waals surface area contributed by atoms with Gasteiger partial charge >= 0.3 is 0 Å². The van der Waals surface area contributed by atoms with E-state index in [2.05, 4.69) is 10.3 Å². The summed E-state index contributed by atoms with van der Waals surface area (Å²) in [4.78, 5) is 16.9. The van der Waals surface area contributed by atoms with E-state index in [1.807, 2.05) is 61.5 Å². The van der Waals surface area contributed by atoms with Crippen molar-refractivity contribution in [1.82, 2.24) is 4.98 Å². The summed E-state index contributed by atoms with van der Waals surface area (Å²) in [5.41, 5.74) is 3.83. The van der Waals surface area contributed by atoms with Crippen molar-refractivity contribution in [3.8, 4) is 16.3 Å². The molecule has 0 unspecified atom stereocenters. The highest BCUT2D eigenvalue weighted by Gasteiger charge is 2.13. The van der Waals surface area contributed by atoms with E-state index in [1.54, 1.807) is 11.4 Å². The Morgan fingerprint density at radius 2 is 1.87 bits per heavy atom. The molecule has 0 bridgehead atoms. The van der Waals surface area contributed by atoms with Crippen molar-refractivity contribution in [3.05, 3.63) is 101 Å². The lowest BCUT2D eigenvalue weighted by atomic mass is 10.2. The van der Waals surface area contributed by atoms with Crippen LogP contribution in [0.4, 0.5) is 10.1 Å². The molecule has 3 aromatic carbocycles. The molecule has 30 heavy (non-hydrogen) atoms. The van der Waals surface area contributed by atoms with Gasteiger partial charge in [-0.05, 0) is 48.9 Å². The lowest BCUT2D eigenvalue weighted by molar-refractivity contribution is 0.102. The molecule has 4 rings (SSSR count). The molecule has 0 radical (unpaired) electrons. The molecule has 1 aromatic heterocycles. The van der Waals surface area contributed by atoms with Gasteiger partial charge in [-0.25, -0.2) is 9.37 Å². The van der Waals surface area contributed by atoms with Crippen molar-refractivity contribution < 1.29 is 13.9 Å². The minimum atomic E-state index is -0.288. The maximum absolute atomic E-state index is 13.3. The van der Waals surface area contributed by atoms with Crippen LogP contribution in [0.15, 0.2) is 78.2 Å². The van der Waals surface area contributed by atoms with Crippen molar-refractivity contribution >= 4 is 22.9 Å². The van der Waals surface area contributed by atoms with Crippen LogP contribution in [0.1, 0.15) is 21.6 Å². The van der Waals surface area contributed by atoms with E-state index in [0.29, 0.717) is 11.4 Å². The minimum Gasteiger partial charge on any atom is -0.489 e. The fraction of sp³-hybridized carbons (Fsp3) is 0.0833. The molecule has 1 heterocycles. The summed E-state index contributed by atoms with van der Waals surface area (Å²) in [5, 5.41) is 5.31. The predicted octanol–water partition coefficient (Wildman–Crippen LogP) is 6.09. The van der Waals surface area contributed by atoms with Gasteiger partial charge in [0.05, 0.1) is 0 Å². The normalized spacial score (nSPS) is 10.6. The largest absolute Gasteiger partial charge is 0.489 e. The van der Waals surface area contributed by atoms with Crippen LogP contribution in [0.2, 0.25) is 0 Å². The number of carbonyl (C=O) groups is 1. The molecule has 0 aliphatic rings. The summed E-state index contributed by atoms with van der Waals surface area (Å²) in [5.74, 6) is 0.113. The van der Waals surface area contributed by atoms with Gasteiger partial charge in [0, 0.05) is 16.6 Å². The zero-order valence-electron chi connectivity index (χ0n) is 16.3. The Bertz CT molecular complexity index is 1170. The van der Waals surface area contributed by atoms with Gasteiger partial charge < -0.3 is 10.1 Å². The number of amides is 1. The number of anilines is 1. The lowest BCUT2D eigenvalue weighted by Crippen LogP contribution is -2.12. The van der Waals surface area contributed by atoms with Crippen LogP contribution in [0, 0.1) is 12.7 Å². The van der Waals surface area contributed by atoms with Crippen molar-refractivity contribution in [1.29, 1.82) is 0 Å². The Labute approximate surface area is 178 Å². The van der Waals surface area contributed by atoms with Crippen LogP contribution in [0.5, 0.6) is 5.75 Å². The summed E-state index contributed by atoms with van der Waals surface area (Å²) in [6.45, 7) is 2.26. The van der Waals surface area contributed by atoms with Crippen LogP contribution in [0.25, 0.3) is 10.6 Å². The number of nitrogens with zero attached hydrogens (tertiary/aromatic N) is 1. The average Bonchev–Trinajstić information content (AvgIpc) is 3.25. The molecule has 1 amide bonds. The molecule has 0 fully saturated rings. The maximum Gasteiger partial charge on any atom is 0.275 e. The first-order valence-corrected chi connectivity index (χ1v) is 10.3. The summed E-state index contributed by atoms with van der Waals surface area (Å²) in [6, 6.07) is 21.4. The number of ether oxygens (including phenoxy) is 1. The highest BCUT2D eigenvalue weighted by atomic mass is 32.1. The molecular formula is C24H19FN2O2S. The third kappa shape index (κ3) is 4.90. The Hall–Kier alpha value is -3.51. The number of halogens is 1. The number of carbonyl (C=O) groups excluding carboxylic acids is 1. The first-order chi connectivity index (χ1) is 14.6. The lowest BCUT2D eigenvalue weighted by Gasteiger charge is -2.07. The number of nitrogens with one attached hydrogen (secondary N) is 1. The molecule has 0 atom stereocenters. The Morgan fingerprint density at radius 1 is 1.07 bits per heavy atom. The summed E-state index contributed by atoms with van der Waals surface area (Å²) < 4.78 is 19.1. The molecule has 0 aliphatic carbocycles. The highest BCUT2D eigenvalue weighted by molar-refractivity contribution is 7.13. The number of benzene rings is 3. The van der Waals surface area contributed by atoms with E-state index in [1.165, 1.54) is 23.5 Å². The van der Waals surface area contributed by atoms with Gasteiger partial charge in [-0.1, -0.05) is 42.0 Å². The smallest absolute Gasteiger partial charge is 0.275 e. The summed E-state index contributed by atoms with van der Waals surface area (Å²) in [6.07, 6.45) is 0. The third-order valence-corrected chi connectivity index (χ3v) is 5.31. The molecule has 0 spiro atoms. The number of hydrogen-bond acceptors (Lipinski definition) is 4. The van der Waals surface area contributed by atoms with Crippen LogP contribution in [-0.4, -0.2) is 10.9 Å². The van der Waals surface area contributed by atoms with Gasteiger partial charge in [-0.15, -0.1) is 11.3 Å². The molecule has 0 saturated carbocycles. The van der Waals surface area contributed by atoms with E-state index >= 15 is 0 Å². The van der Waals surface area contributed by atoms with Gasteiger partial charge in [0.25, 0.3) is 5.91 Å². The first-order valence-electron chi connectivity index (χ1n) is 9.38. The van der Waals surface area contributed by atoms with E-state index in [4.69, 9.17) is 4.74 Å². The molecule has 6 heteroatoms. The van der Waals surface area contributed by atoms with Crippen molar-refractivity contribution in [2.75, 3.05) is 5.32 Å². The average molecular weight is 418 g/mol. The Morgan fingerprint density at radius 3 is 2.67 bits per heavy atom. The summed E-state index contributed by atoms with van der Waals surface area (Å²) >= 11 is 1.39. The van der Waals surface area contributed by atoms with Gasteiger partial charge in [0.1, 0.15) is 28.9 Å². The van der Waals surface area contributed by atoms with E-state index in [-0.39, 0.29) is 18.3 Å². The van der Waals surface area contributed by atoms with Gasteiger partial charge in [-0.3, -0.25) is 4.79 Å². The van der Waals surface area contributed by atoms with Crippen molar-refractivity contribution in [2.24, 2.45) is 0 Å².